The third kappa shape index (κ3) is 3.10. The SMILES string of the molecule is Oc1cc(CBr)ccc1N=Nc1ccccn1. The van der Waals surface area contributed by atoms with Crippen molar-refractivity contribution in [3.63, 3.8) is 0 Å². The number of hydrogen-bond acceptors (Lipinski definition) is 4. The molecular weight excluding hydrogens is 282 g/mol. The van der Waals surface area contributed by atoms with Crippen LogP contribution < -0.4 is 0 Å². The molecule has 17 heavy (non-hydrogen) atoms. The smallest absolute Gasteiger partial charge is 0.174 e. The molecule has 0 amide bonds. The van der Waals surface area contributed by atoms with Crippen LogP contribution in [-0.2, 0) is 5.33 Å². The van der Waals surface area contributed by atoms with Crippen LogP contribution in [0.15, 0.2) is 52.8 Å². The van der Waals surface area contributed by atoms with Crippen LogP contribution in [0, 0.1) is 0 Å². The Balaban J connectivity index is 2.22. The lowest BCUT2D eigenvalue weighted by Gasteiger charge is -1.99. The van der Waals surface area contributed by atoms with Gasteiger partial charge in [0, 0.05) is 11.5 Å². The normalized spacial score (nSPS) is 10.9. The van der Waals surface area contributed by atoms with Gasteiger partial charge in [-0.1, -0.05) is 28.1 Å². The zero-order valence-electron chi connectivity index (χ0n) is 8.92. The molecule has 1 N–H and O–H groups in total. The number of benzene rings is 1. The van der Waals surface area contributed by atoms with Crippen molar-refractivity contribution >= 4 is 27.4 Å². The third-order valence-corrected chi connectivity index (χ3v) is 2.75. The maximum Gasteiger partial charge on any atom is 0.174 e. The molecule has 2 aromatic rings. The highest BCUT2D eigenvalue weighted by molar-refractivity contribution is 9.08. The lowest BCUT2D eigenvalue weighted by Crippen LogP contribution is -1.76. The van der Waals surface area contributed by atoms with Gasteiger partial charge in [0.25, 0.3) is 0 Å². The number of nitrogens with zero attached hydrogens (tertiary/aromatic N) is 3. The Morgan fingerprint density at radius 2 is 2.06 bits per heavy atom. The van der Waals surface area contributed by atoms with Crippen LogP contribution in [0.5, 0.6) is 5.75 Å². The van der Waals surface area contributed by atoms with Gasteiger partial charge in [-0.25, -0.2) is 4.98 Å². The molecule has 0 saturated carbocycles. The molecule has 0 radical (unpaired) electrons. The number of aromatic nitrogens is 1. The minimum atomic E-state index is 0.113. The van der Waals surface area contributed by atoms with E-state index in [0.29, 0.717) is 16.8 Å². The van der Waals surface area contributed by atoms with Crippen molar-refractivity contribution in [3.05, 3.63) is 48.2 Å². The summed E-state index contributed by atoms with van der Waals surface area (Å²) in [7, 11) is 0. The van der Waals surface area contributed by atoms with Gasteiger partial charge in [-0.05, 0) is 29.8 Å². The summed E-state index contributed by atoms with van der Waals surface area (Å²) < 4.78 is 0. The summed E-state index contributed by atoms with van der Waals surface area (Å²) in [6, 6.07) is 10.6. The maximum atomic E-state index is 9.71. The summed E-state index contributed by atoms with van der Waals surface area (Å²) in [5, 5.41) is 18.3. The van der Waals surface area contributed by atoms with Gasteiger partial charge in [0.2, 0.25) is 0 Å². The van der Waals surface area contributed by atoms with Gasteiger partial charge >= 0.3 is 0 Å². The fourth-order valence-corrected chi connectivity index (χ4v) is 1.60. The van der Waals surface area contributed by atoms with E-state index in [1.807, 2.05) is 12.1 Å². The highest BCUT2D eigenvalue weighted by atomic mass is 79.9. The lowest BCUT2D eigenvalue weighted by molar-refractivity contribution is 0.476. The molecule has 4 nitrogen and oxygen atoms in total. The van der Waals surface area contributed by atoms with Crippen LogP contribution in [0.25, 0.3) is 0 Å². The molecule has 1 aromatic heterocycles. The van der Waals surface area contributed by atoms with E-state index < -0.39 is 0 Å². The van der Waals surface area contributed by atoms with Gasteiger partial charge in [0.1, 0.15) is 11.4 Å². The summed E-state index contributed by atoms with van der Waals surface area (Å²) in [5.74, 6) is 0.623. The Hall–Kier alpha value is -1.75. The van der Waals surface area contributed by atoms with E-state index in [0.717, 1.165) is 5.56 Å². The Morgan fingerprint density at radius 3 is 2.71 bits per heavy atom. The third-order valence-electron chi connectivity index (χ3n) is 2.10. The predicted molar refractivity (Wildman–Crippen MR) is 69.2 cm³/mol. The number of rotatable bonds is 3. The molecule has 0 spiro atoms. The molecule has 0 saturated heterocycles. The Labute approximate surface area is 107 Å². The zero-order valence-corrected chi connectivity index (χ0v) is 10.5. The molecule has 0 unspecified atom stereocenters. The Bertz CT molecular complexity index is 529. The largest absolute Gasteiger partial charge is 0.506 e. The maximum absolute atomic E-state index is 9.71. The highest BCUT2D eigenvalue weighted by Crippen LogP contribution is 2.29. The minimum absolute atomic E-state index is 0.113. The van der Waals surface area contributed by atoms with Crippen LogP contribution >= 0.6 is 15.9 Å². The van der Waals surface area contributed by atoms with Gasteiger partial charge in [-0.3, -0.25) is 0 Å². The van der Waals surface area contributed by atoms with E-state index in [-0.39, 0.29) is 5.75 Å². The summed E-state index contributed by atoms with van der Waals surface area (Å²) in [6.07, 6.45) is 1.64. The van der Waals surface area contributed by atoms with E-state index in [1.54, 1.807) is 30.5 Å². The number of aromatic hydroxyl groups is 1. The lowest BCUT2D eigenvalue weighted by atomic mass is 10.2. The molecule has 2 rings (SSSR count). The molecule has 0 aliphatic heterocycles. The monoisotopic (exact) mass is 291 g/mol. The van der Waals surface area contributed by atoms with Crippen LogP contribution in [0.3, 0.4) is 0 Å². The standard InChI is InChI=1S/C12H10BrN3O/c13-8-9-4-5-10(11(17)7-9)15-16-12-3-1-2-6-14-12/h1-7,17H,8H2. The van der Waals surface area contributed by atoms with Crippen molar-refractivity contribution in [1.29, 1.82) is 0 Å². The zero-order chi connectivity index (χ0) is 12.1. The van der Waals surface area contributed by atoms with Crippen molar-refractivity contribution in [3.8, 4) is 5.75 Å². The second kappa shape index (κ2) is 5.54. The molecule has 0 bridgehead atoms. The van der Waals surface area contributed by atoms with E-state index in [2.05, 4.69) is 31.1 Å². The number of pyridine rings is 1. The fraction of sp³-hybridized carbons (Fsp3) is 0.0833. The second-order valence-corrected chi connectivity index (χ2v) is 3.91. The average Bonchev–Trinajstić information content (AvgIpc) is 2.38. The quantitative estimate of drug-likeness (QED) is 0.684. The number of phenolic OH excluding ortho intramolecular Hbond substituents is 1. The summed E-state index contributed by atoms with van der Waals surface area (Å²) in [6.45, 7) is 0. The molecule has 0 aliphatic carbocycles. The molecule has 0 atom stereocenters. The first kappa shape index (κ1) is 11.7. The first-order valence-electron chi connectivity index (χ1n) is 5.00. The first-order chi connectivity index (χ1) is 8.29. The predicted octanol–water partition coefficient (Wildman–Crippen LogP) is 4.10. The minimum Gasteiger partial charge on any atom is -0.506 e. The van der Waals surface area contributed by atoms with Crippen molar-refractivity contribution in [2.75, 3.05) is 0 Å². The van der Waals surface area contributed by atoms with E-state index in [4.69, 9.17) is 0 Å². The van der Waals surface area contributed by atoms with Gasteiger partial charge < -0.3 is 5.11 Å². The van der Waals surface area contributed by atoms with E-state index >= 15 is 0 Å². The second-order valence-electron chi connectivity index (χ2n) is 3.34. The molecule has 0 aliphatic rings. The number of phenols is 1. The number of halogens is 1. The van der Waals surface area contributed by atoms with Crippen molar-refractivity contribution < 1.29 is 5.11 Å². The van der Waals surface area contributed by atoms with Gasteiger partial charge in [-0.2, -0.15) is 0 Å². The average molecular weight is 292 g/mol. The summed E-state index contributed by atoms with van der Waals surface area (Å²) >= 11 is 3.32. The van der Waals surface area contributed by atoms with Crippen LogP contribution in [0.2, 0.25) is 0 Å². The molecule has 86 valence electrons. The molecule has 1 aromatic carbocycles. The highest BCUT2D eigenvalue weighted by Gasteiger charge is 2.00. The van der Waals surface area contributed by atoms with Crippen molar-refractivity contribution in [2.24, 2.45) is 10.2 Å². The van der Waals surface area contributed by atoms with E-state index in [1.165, 1.54) is 0 Å². The van der Waals surface area contributed by atoms with Crippen molar-refractivity contribution in [1.82, 2.24) is 4.98 Å². The van der Waals surface area contributed by atoms with Crippen LogP contribution in [-0.4, -0.2) is 10.1 Å². The molecular formula is C12H10BrN3O. The topological polar surface area (TPSA) is 57.8 Å². The number of hydrogen-bond donors (Lipinski definition) is 1. The van der Waals surface area contributed by atoms with Gasteiger partial charge in [-0.15, -0.1) is 10.2 Å². The Kier molecular flexibility index (Phi) is 3.82. The fourth-order valence-electron chi connectivity index (χ4n) is 1.25. The van der Waals surface area contributed by atoms with Crippen LogP contribution in [0.1, 0.15) is 5.56 Å². The molecule has 5 heteroatoms. The van der Waals surface area contributed by atoms with Crippen molar-refractivity contribution in [2.45, 2.75) is 5.33 Å². The summed E-state index contributed by atoms with van der Waals surface area (Å²) in [5.41, 5.74) is 1.42. The summed E-state index contributed by atoms with van der Waals surface area (Å²) in [4.78, 5) is 4.01. The van der Waals surface area contributed by atoms with E-state index in [9.17, 15) is 5.11 Å². The van der Waals surface area contributed by atoms with Gasteiger partial charge in [0.15, 0.2) is 5.82 Å². The van der Waals surface area contributed by atoms with Crippen LogP contribution in [0.4, 0.5) is 11.5 Å². The first-order valence-corrected chi connectivity index (χ1v) is 6.12. The Morgan fingerprint density at radius 1 is 1.18 bits per heavy atom. The molecule has 1 heterocycles. The number of azo groups is 1. The molecule has 0 fully saturated rings. The van der Waals surface area contributed by atoms with Gasteiger partial charge in [0.05, 0.1) is 0 Å². The number of alkyl halides is 1.